The van der Waals surface area contributed by atoms with Crippen LogP contribution in [0.15, 0.2) is 18.2 Å². The van der Waals surface area contributed by atoms with Crippen molar-refractivity contribution >= 4 is 17.5 Å². The summed E-state index contributed by atoms with van der Waals surface area (Å²) in [5.74, 6) is 3.36. The highest BCUT2D eigenvalue weighted by atomic mass is 35.5. The molecule has 0 aromatic heterocycles. The Labute approximate surface area is 161 Å². The zero-order chi connectivity index (χ0) is 18.5. The lowest BCUT2D eigenvalue weighted by Crippen LogP contribution is -2.57. The van der Waals surface area contributed by atoms with Gasteiger partial charge in [0.1, 0.15) is 5.75 Å². The summed E-state index contributed by atoms with van der Waals surface area (Å²) >= 11 is 6.06. The Morgan fingerprint density at radius 1 is 1.15 bits per heavy atom. The second-order valence-electron chi connectivity index (χ2n) is 9.18. The number of nitrogens with one attached hydrogen (secondary N) is 1. The van der Waals surface area contributed by atoms with Crippen LogP contribution in [0.4, 0.5) is 0 Å². The molecular formula is C22H30ClNO2. The van der Waals surface area contributed by atoms with Crippen LogP contribution in [0, 0.1) is 30.1 Å². The third-order valence-electron chi connectivity index (χ3n) is 7.17. The van der Waals surface area contributed by atoms with E-state index in [0.717, 1.165) is 23.3 Å². The van der Waals surface area contributed by atoms with Crippen molar-refractivity contribution in [3.05, 3.63) is 28.8 Å². The Kier molecular flexibility index (Phi) is 4.71. The fraction of sp³-hybridized carbons (Fsp3) is 0.682. The van der Waals surface area contributed by atoms with E-state index in [2.05, 4.69) is 12.2 Å². The molecule has 1 aromatic carbocycles. The molecule has 0 unspecified atom stereocenters. The lowest BCUT2D eigenvalue weighted by Gasteiger charge is -2.59. The standard InChI is InChI=1S/C22H30ClNO2/c1-13-6-19(4-5-20(13)23)26-14(2)21(25)24-15(3)22-10-16-7-17(11-22)9-18(8-16)12-22/h4-6,14-18H,7-12H2,1-3H3,(H,24,25)/t14-,15+,16?,17?,18?,22?/m1/s1. The van der Waals surface area contributed by atoms with Crippen molar-refractivity contribution in [2.45, 2.75) is 71.4 Å². The first kappa shape index (κ1) is 18.2. The van der Waals surface area contributed by atoms with Gasteiger partial charge >= 0.3 is 0 Å². The van der Waals surface area contributed by atoms with Crippen molar-refractivity contribution < 1.29 is 9.53 Å². The Morgan fingerprint density at radius 3 is 2.27 bits per heavy atom. The van der Waals surface area contributed by atoms with Crippen LogP contribution in [0.25, 0.3) is 0 Å². The largest absolute Gasteiger partial charge is 0.481 e. The van der Waals surface area contributed by atoms with Gasteiger partial charge in [-0.3, -0.25) is 4.79 Å². The molecule has 1 N–H and O–H groups in total. The van der Waals surface area contributed by atoms with Crippen LogP contribution in [0.3, 0.4) is 0 Å². The van der Waals surface area contributed by atoms with Gasteiger partial charge in [0.05, 0.1) is 0 Å². The van der Waals surface area contributed by atoms with Gasteiger partial charge in [0, 0.05) is 11.1 Å². The van der Waals surface area contributed by atoms with Gasteiger partial charge in [0.15, 0.2) is 6.10 Å². The van der Waals surface area contributed by atoms with Crippen molar-refractivity contribution in [2.24, 2.45) is 23.2 Å². The number of hydrogen-bond donors (Lipinski definition) is 1. The predicted octanol–water partition coefficient (Wildman–Crippen LogP) is 5.14. The number of rotatable bonds is 5. The molecule has 4 fully saturated rings. The first-order valence-corrected chi connectivity index (χ1v) is 10.5. The van der Waals surface area contributed by atoms with Crippen molar-refractivity contribution in [1.29, 1.82) is 0 Å². The molecule has 1 amide bonds. The van der Waals surface area contributed by atoms with Crippen molar-refractivity contribution in [3.8, 4) is 5.75 Å². The molecule has 4 aliphatic rings. The van der Waals surface area contributed by atoms with Gasteiger partial charge in [-0.2, -0.15) is 0 Å². The lowest BCUT2D eigenvalue weighted by atomic mass is 9.48. The highest BCUT2D eigenvalue weighted by Crippen LogP contribution is 2.61. The number of carbonyl (C=O) groups excluding carboxylic acids is 1. The maximum atomic E-state index is 12.7. The van der Waals surface area contributed by atoms with Crippen LogP contribution in [0.5, 0.6) is 5.75 Å². The summed E-state index contributed by atoms with van der Waals surface area (Å²) in [6.07, 6.45) is 7.66. The lowest BCUT2D eigenvalue weighted by molar-refractivity contribution is -0.131. The maximum Gasteiger partial charge on any atom is 0.261 e. The fourth-order valence-corrected chi connectivity index (χ4v) is 6.26. The summed E-state index contributed by atoms with van der Waals surface area (Å²) in [5, 5.41) is 4.01. The van der Waals surface area contributed by atoms with E-state index in [-0.39, 0.29) is 11.9 Å². The molecule has 5 rings (SSSR count). The molecule has 4 aliphatic carbocycles. The molecule has 0 saturated heterocycles. The molecule has 4 saturated carbocycles. The van der Waals surface area contributed by atoms with Crippen molar-refractivity contribution in [3.63, 3.8) is 0 Å². The average molecular weight is 376 g/mol. The zero-order valence-corrected chi connectivity index (χ0v) is 16.8. The molecule has 0 spiro atoms. The predicted molar refractivity (Wildman–Crippen MR) is 104 cm³/mol. The molecule has 0 aliphatic heterocycles. The molecule has 1 aromatic rings. The summed E-state index contributed by atoms with van der Waals surface area (Å²) in [4.78, 5) is 12.7. The second-order valence-corrected chi connectivity index (χ2v) is 9.59. The first-order valence-electron chi connectivity index (χ1n) is 10.1. The Hall–Kier alpha value is -1.22. The molecule has 2 atom stereocenters. The number of benzene rings is 1. The van der Waals surface area contributed by atoms with Gasteiger partial charge in [-0.15, -0.1) is 0 Å². The van der Waals surface area contributed by atoms with Gasteiger partial charge in [0.2, 0.25) is 0 Å². The number of halogens is 1. The van der Waals surface area contributed by atoms with Crippen LogP contribution in [-0.2, 0) is 4.79 Å². The molecule has 0 heterocycles. The van der Waals surface area contributed by atoms with Crippen LogP contribution >= 0.6 is 11.6 Å². The molecule has 4 bridgehead atoms. The summed E-state index contributed by atoms with van der Waals surface area (Å²) in [6.45, 7) is 5.98. The van der Waals surface area contributed by atoms with E-state index >= 15 is 0 Å². The number of amides is 1. The molecule has 0 radical (unpaired) electrons. The molecule has 3 nitrogen and oxygen atoms in total. The molecule has 142 valence electrons. The van der Waals surface area contributed by atoms with E-state index in [0.29, 0.717) is 16.2 Å². The van der Waals surface area contributed by atoms with Crippen molar-refractivity contribution in [2.75, 3.05) is 0 Å². The van der Waals surface area contributed by atoms with Crippen molar-refractivity contribution in [1.82, 2.24) is 5.32 Å². The van der Waals surface area contributed by atoms with E-state index < -0.39 is 6.10 Å². The zero-order valence-electron chi connectivity index (χ0n) is 16.1. The summed E-state index contributed by atoms with van der Waals surface area (Å²) in [7, 11) is 0. The number of carbonyl (C=O) groups is 1. The van der Waals surface area contributed by atoms with E-state index in [1.54, 1.807) is 0 Å². The SMILES string of the molecule is Cc1cc(O[C@H](C)C(=O)N[C@@H](C)C23CC4CC(CC(C4)C2)C3)ccc1Cl. The summed E-state index contributed by atoms with van der Waals surface area (Å²) < 4.78 is 5.86. The van der Waals surface area contributed by atoms with E-state index in [1.165, 1.54) is 38.5 Å². The van der Waals surface area contributed by atoms with Crippen LogP contribution < -0.4 is 10.1 Å². The smallest absolute Gasteiger partial charge is 0.261 e. The number of hydrogen-bond acceptors (Lipinski definition) is 2. The minimum Gasteiger partial charge on any atom is -0.481 e. The van der Waals surface area contributed by atoms with E-state index in [9.17, 15) is 4.79 Å². The minimum absolute atomic E-state index is 0.0131. The molecule has 4 heteroatoms. The number of aryl methyl sites for hydroxylation is 1. The monoisotopic (exact) mass is 375 g/mol. The highest BCUT2D eigenvalue weighted by Gasteiger charge is 2.53. The van der Waals surface area contributed by atoms with Gasteiger partial charge in [0.25, 0.3) is 5.91 Å². The fourth-order valence-electron chi connectivity index (χ4n) is 6.14. The third-order valence-corrected chi connectivity index (χ3v) is 7.60. The normalized spacial score (nSPS) is 34.4. The second kappa shape index (κ2) is 6.74. The van der Waals surface area contributed by atoms with Gasteiger partial charge in [-0.05, 0) is 106 Å². The molecular weight excluding hydrogens is 346 g/mol. The average Bonchev–Trinajstić information content (AvgIpc) is 2.57. The Morgan fingerprint density at radius 2 is 1.73 bits per heavy atom. The summed E-state index contributed by atoms with van der Waals surface area (Å²) in [5.41, 5.74) is 1.28. The Balaban J connectivity index is 1.38. The van der Waals surface area contributed by atoms with Gasteiger partial charge in [-0.25, -0.2) is 0 Å². The Bertz CT molecular complexity index is 666. The van der Waals surface area contributed by atoms with E-state index in [4.69, 9.17) is 16.3 Å². The molecule has 26 heavy (non-hydrogen) atoms. The topological polar surface area (TPSA) is 38.3 Å². The minimum atomic E-state index is -0.507. The highest BCUT2D eigenvalue weighted by molar-refractivity contribution is 6.31. The van der Waals surface area contributed by atoms with Gasteiger partial charge < -0.3 is 10.1 Å². The number of ether oxygens (including phenoxy) is 1. The van der Waals surface area contributed by atoms with Crippen LogP contribution in [-0.4, -0.2) is 18.1 Å². The maximum absolute atomic E-state index is 12.7. The van der Waals surface area contributed by atoms with Crippen LogP contribution in [0.1, 0.15) is 57.9 Å². The van der Waals surface area contributed by atoms with E-state index in [1.807, 2.05) is 32.0 Å². The third kappa shape index (κ3) is 3.35. The summed E-state index contributed by atoms with van der Waals surface area (Å²) in [6, 6.07) is 5.74. The van der Waals surface area contributed by atoms with Gasteiger partial charge in [-0.1, -0.05) is 11.6 Å². The van der Waals surface area contributed by atoms with Crippen LogP contribution in [0.2, 0.25) is 5.02 Å². The first-order chi connectivity index (χ1) is 12.3. The quantitative estimate of drug-likeness (QED) is 0.774.